The number of nitrogens with two attached hydrogens (primary N) is 1. The van der Waals surface area contributed by atoms with Crippen molar-refractivity contribution in [2.75, 3.05) is 12.3 Å². The molecule has 2 aromatic rings. The number of anilines is 1. The quantitative estimate of drug-likeness (QED) is 0.665. The van der Waals surface area contributed by atoms with Crippen LogP contribution in [-0.2, 0) is 11.5 Å². The highest BCUT2D eigenvalue weighted by molar-refractivity contribution is 6.76. The molecule has 5 nitrogen and oxygen atoms in total. The van der Waals surface area contributed by atoms with E-state index in [2.05, 4.69) is 29.6 Å². The van der Waals surface area contributed by atoms with Crippen molar-refractivity contribution in [1.29, 1.82) is 0 Å². The minimum absolute atomic E-state index is 0.296. The maximum Gasteiger partial charge on any atom is 0.221 e. The second-order valence-corrected chi connectivity index (χ2v) is 11.3. The zero-order valence-corrected chi connectivity index (χ0v) is 12.2. The van der Waals surface area contributed by atoms with Crippen LogP contribution in [0.3, 0.4) is 0 Å². The molecule has 0 atom stereocenters. The summed E-state index contributed by atoms with van der Waals surface area (Å²) in [7, 11) is -1.02. The second kappa shape index (κ2) is 5.07. The van der Waals surface area contributed by atoms with Gasteiger partial charge in [-0.15, -0.1) is 0 Å². The Hall–Kier alpha value is -1.40. The van der Waals surface area contributed by atoms with Gasteiger partial charge in [-0.05, 0) is 12.1 Å². The highest BCUT2D eigenvalue weighted by Gasteiger charge is 2.12. The van der Waals surface area contributed by atoms with Gasteiger partial charge in [0.25, 0.3) is 0 Å². The molecule has 2 heterocycles. The lowest BCUT2D eigenvalue weighted by Crippen LogP contribution is -2.22. The molecule has 0 bridgehead atoms. The van der Waals surface area contributed by atoms with Gasteiger partial charge in [0, 0.05) is 32.5 Å². The average Bonchev–Trinajstić information content (AvgIpc) is 2.66. The van der Waals surface area contributed by atoms with Gasteiger partial charge in [0.2, 0.25) is 5.95 Å². The van der Waals surface area contributed by atoms with E-state index < -0.39 is 8.07 Å². The summed E-state index contributed by atoms with van der Waals surface area (Å²) < 4.78 is 7.65. The van der Waals surface area contributed by atoms with Crippen molar-refractivity contribution in [3.63, 3.8) is 0 Å². The van der Waals surface area contributed by atoms with Crippen molar-refractivity contribution in [3.05, 3.63) is 18.5 Å². The van der Waals surface area contributed by atoms with Gasteiger partial charge in [0.05, 0.1) is 0 Å². The van der Waals surface area contributed by atoms with Crippen LogP contribution in [0.25, 0.3) is 11.0 Å². The Bertz CT molecular complexity index is 532. The second-order valence-electron chi connectivity index (χ2n) is 5.64. The molecule has 0 fully saturated rings. The van der Waals surface area contributed by atoms with Crippen LogP contribution in [0.2, 0.25) is 25.7 Å². The van der Waals surface area contributed by atoms with Gasteiger partial charge in [0.15, 0.2) is 0 Å². The number of hydrogen-bond donors (Lipinski definition) is 1. The summed E-state index contributed by atoms with van der Waals surface area (Å²) >= 11 is 0. The van der Waals surface area contributed by atoms with E-state index in [9.17, 15) is 0 Å². The van der Waals surface area contributed by atoms with Gasteiger partial charge >= 0.3 is 0 Å². The summed E-state index contributed by atoms with van der Waals surface area (Å²) in [6.07, 6.45) is 3.68. The van der Waals surface area contributed by atoms with Gasteiger partial charge in [-0.3, -0.25) is 0 Å². The van der Waals surface area contributed by atoms with Crippen LogP contribution in [0.15, 0.2) is 18.5 Å². The van der Waals surface area contributed by atoms with Crippen LogP contribution < -0.4 is 5.73 Å². The first-order valence-corrected chi connectivity index (χ1v) is 9.81. The third-order valence-electron chi connectivity index (χ3n) is 2.75. The Morgan fingerprint density at radius 2 is 2.17 bits per heavy atom. The SMILES string of the molecule is C[Si](C)(C)CCOCn1ccc2cnc(N)nc21. The number of fused-ring (bicyclic) bond motifs is 1. The van der Waals surface area contributed by atoms with Gasteiger partial charge in [-0.2, -0.15) is 4.98 Å². The van der Waals surface area contributed by atoms with Crippen molar-refractivity contribution >= 4 is 25.1 Å². The minimum atomic E-state index is -1.02. The number of nitrogen functional groups attached to an aromatic ring is 1. The van der Waals surface area contributed by atoms with Crippen LogP contribution in [0.4, 0.5) is 5.95 Å². The Labute approximate surface area is 108 Å². The largest absolute Gasteiger partial charge is 0.368 e. The molecular weight excluding hydrogens is 244 g/mol. The molecule has 98 valence electrons. The summed E-state index contributed by atoms with van der Waals surface area (Å²) in [6, 6.07) is 3.14. The highest BCUT2D eigenvalue weighted by Crippen LogP contribution is 2.14. The topological polar surface area (TPSA) is 66.0 Å². The maximum atomic E-state index is 5.70. The van der Waals surface area contributed by atoms with E-state index in [0.29, 0.717) is 12.7 Å². The first-order chi connectivity index (χ1) is 8.46. The van der Waals surface area contributed by atoms with Crippen molar-refractivity contribution in [2.24, 2.45) is 0 Å². The first kappa shape index (κ1) is 13.0. The molecule has 0 aliphatic rings. The zero-order valence-electron chi connectivity index (χ0n) is 11.2. The fourth-order valence-corrected chi connectivity index (χ4v) is 2.39. The van der Waals surface area contributed by atoms with E-state index in [-0.39, 0.29) is 0 Å². The number of ether oxygens (including phenoxy) is 1. The molecule has 2 aromatic heterocycles. The van der Waals surface area contributed by atoms with E-state index in [1.165, 1.54) is 6.04 Å². The minimum Gasteiger partial charge on any atom is -0.368 e. The molecule has 18 heavy (non-hydrogen) atoms. The molecule has 0 amide bonds. The number of hydrogen-bond acceptors (Lipinski definition) is 4. The predicted octanol–water partition coefficient (Wildman–Crippen LogP) is 2.33. The molecular formula is C12H20N4OSi. The van der Waals surface area contributed by atoms with E-state index in [4.69, 9.17) is 10.5 Å². The van der Waals surface area contributed by atoms with Crippen molar-refractivity contribution in [2.45, 2.75) is 32.4 Å². The third kappa shape index (κ3) is 3.30. The Morgan fingerprint density at radius 1 is 1.39 bits per heavy atom. The first-order valence-electron chi connectivity index (χ1n) is 6.11. The standard InChI is InChI=1S/C12H20N4OSi/c1-18(2,3)7-6-17-9-16-5-4-10-8-14-12(13)15-11(10)16/h4-5,8H,6-7,9H2,1-3H3,(H2,13,14,15). The zero-order chi connectivity index (χ0) is 13.2. The number of rotatable bonds is 5. The van der Waals surface area contributed by atoms with Crippen molar-refractivity contribution in [1.82, 2.24) is 14.5 Å². The van der Waals surface area contributed by atoms with Gasteiger partial charge in [-0.25, -0.2) is 4.98 Å². The number of aromatic nitrogens is 3. The lowest BCUT2D eigenvalue weighted by Gasteiger charge is -2.15. The van der Waals surface area contributed by atoms with Crippen molar-refractivity contribution < 1.29 is 4.74 Å². The van der Waals surface area contributed by atoms with E-state index in [1.807, 2.05) is 16.8 Å². The molecule has 6 heteroatoms. The molecule has 0 radical (unpaired) electrons. The molecule has 0 saturated carbocycles. The van der Waals surface area contributed by atoms with E-state index in [1.54, 1.807) is 6.20 Å². The number of nitrogens with zero attached hydrogens (tertiary/aromatic N) is 3. The molecule has 0 aromatic carbocycles. The highest BCUT2D eigenvalue weighted by atomic mass is 28.3. The van der Waals surface area contributed by atoms with Gasteiger partial charge in [-0.1, -0.05) is 19.6 Å². The average molecular weight is 264 g/mol. The van der Waals surface area contributed by atoms with Gasteiger partial charge < -0.3 is 15.0 Å². The van der Waals surface area contributed by atoms with Crippen LogP contribution >= 0.6 is 0 Å². The van der Waals surface area contributed by atoms with Crippen LogP contribution in [0, 0.1) is 0 Å². The normalized spacial score (nSPS) is 12.2. The molecule has 2 rings (SSSR count). The monoisotopic (exact) mass is 264 g/mol. The molecule has 0 saturated heterocycles. The van der Waals surface area contributed by atoms with E-state index in [0.717, 1.165) is 17.6 Å². The summed E-state index contributed by atoms with van der Waals surface area (Å²) in [4.78, 5) is 8.19. The summed E-state index contributed by atoms with van der Waals surface area (Å²) in [5, 5.41) is 0.984. The van der Waals surface area contributed by atoms with Crippen LogP contribution in [-0.4, -0.2) is 29.2 Å². The lowest BCUT2D eigenvalue weighted by atomic mass is 10.4. The molecule has 2 N–H and O–H groups in total. The lowest BCUT2D eigenvalue weighted by molar-refractivity contribution is 0.0899. The van der Waals surface area contributed by atoms with Crippen LogP contribution in [0.1, 0.15) is 0 Å². The van der Waals surface area contributed by atoms with Gasteiger partial charge in [0.1, 0.15) is 12.4 Å². The molecule has 0 spiro atoms. The molecule has 0 unspecified atom stereocenters. The fourth-order valence-electron chi connectivity index (χ4n) is 1.63. The third-order valence-corrected chi connectivity index (χ3v) is 4.45. The Kier molecular flexibility index (Phi) is 3.67. The summed E-state index contributed by atoms with van der Waals surface area (Å²) in [6.45, 7) is 8.35. The van der Waals surface area contributed by atoms with Crippen molar-refractivity contribution in [3.8, 4) is 0 Å². The smallest absolute Gasteiger partial charge is 0.221 e. The Balaban J connectivity index is 1.98. The molecule has 0 aliphatic carbocycles. The molecule has 0 aliphatic heterocycles. The maximum absolute atomic E-state index is 5.70. The van der Waals surface area contributed by atoms with E-state index >= 15 is 0 Å². The predicted molar refractivity (Wildman–Crippen MR) is 76.0 cm³/mol. The Morgan fingerprint density at radius 3 is 2.89 bits per heavy atom. The summed E-state index contributed by atoms with van der Waals surface area (Å²) in [5.74, 6) is 0.296. The fraction of sp³-hybridized carbons (Fsp3) is 0.500. The van der Waals surface area contributed by atoms with Crippen LogP contribution in [0.5, 0.6) is 0 Å². The summed E-state index contributed by atoms with van der Waals surface area (Å²) in [5.41, 5.74) is 6.42.